The first-order valence-electron chi connectivity index (χ1n) is 10.8. The van der Waals surface area contributed by atoms with Crippen LogP contribution in [0.2, 0.25) is 5.02 Å². The Hall–Kier alpha value is -1.90. The quantitative estimate of drug-likeness (QED) is 0.417. The minimum Gasteiger partial charge on any atom is -0.341 e. The van der Waals surface area contributed by atoms with Crippen LogP contribution >= 0.6 is 39.3 Å². The molecule has 0 unspecified atom stereocenters. The Kier molecular flexibility index (Phi) is 6.53. The predicted octanol–water partition coefficient (Wildman–Crippen LogP) is 5.79. The van der Waals surface area contributed by atoms with Gasteiger partial charge in [0, 0.05) is 53.5 Å². The fourth-order valence-electron chi connectivity index (χ4n) is 3.91. The van der Waals surface area contributed by atoms with Gasteiger partial charge >= 0.3 is 0 Å². The Bertz CT molecular complexity index is 1180. The molecule has 6 nitrogen and oxygen atoms in total. The predicted molar refractivity (Wildman–Crippen MR) is 134 cm³/mol. The minimum atomic E-state index is 0.254. The van der Waals surface area contributed by atoms with Gasteiger partial charge in [-0.2, -0.15) is 9.61 Å². The third kappa shape index (κ3) is 4.58. The van der Waals surface area contributed by atoms with Crippen molar-refractivity contribution in [2.24, 2.45) is 4.99 Å². The maximum absolute atomic E-state index is 12.5. The van der Waals surface area contributed by atoms with E-state index in [2.05, 4.69) is 21.0 Å². The summed E-state index contributed by atoms with van der Waals surface area (Å²) < 4.78 is 2.54. The molecular formula is C23H23BrClN5OS. The fourth-order valence-corrected chi connectivity index (χ4v) is 5.72. The number of rotatable bonds is 5. The molecule has 32 heavy (non-hydrogen) atoms. The van der Waals surface area contributed by atoms with Crippen LogP contribution in [0.3, 0.4) is 0 Å². The number of benzene rings is 1. The van der Waals surface area contributed by atoms with Gasteiger partial charge in [0.2, 0.25) is 5.91 Å². The van der Waals surface area contributed by atoms with Gasteiger partial charge < -0.3 is 4.90 Å². The molecule has 166 valence electrons. The highest BCUT2D eigenvalue weighted by atomic mass is 79.9. The molecule has 9 heteroatoms. The number of aliphatic imine (C=N–C) groups is 1. The number of carbonyl (C=O) groups is 1. The number of carbonyl (C=O) groups excluding carboxylic acids is 1. The van der Waals surface area contributed by atoms with E-state index in [1.807, 2.05) is 47.0 Å². The van der Waals surface area contributed by atoms with E-state index in [1.54, 1.807) is 10.7 Å². The van der Waals surface area contributed by atoms with Crippen molar-refractivity contribution in [3.63, 3.8) is 0 Å². The average Bonchev–Trinajstić information content (AvgIpc) is 3.14. The van der Waals surface area contributed by atoms with E-state index in [9.17, 15) is 4.79 Å². The summed E-state index contributed by atoms with van der Waals surface area (Å²) in [5.74, 6) is 1.57. The summed E-state index contributed by atoms with van der Waals surface area (Å²) in [7, 11) is 0. The zero-order valence-electron chi connectivity index (χ0n) is 17.5. The summed E-state index contributed by atoms with van der Waals surface area (Å²) in [6, 6.07) is 9.58. The molecule has 0 bridgehead atoms. The van der Waals surface area contributed by atoms with E-state index in [-0.39, 0.29) is 5.91 Å². The number of hydrogen-bond donors (Lipinski definition) is 0. The zero-order chi connectivity index (χ0) is 22.1. The third-order valence-electron chi connectivity index (χ3n) is 6.02. The molecule has 3 heterocycles. The van der Waals surface area contributed by atoms with E-state index < -0.39 is 0 Å². The second-order valence-corrected chi connectivity index (χ2v) is 10.7. The first-order valence-corrected chi connectivity index (χ1v) is 13.1. The molecule has 2 fully saturated rings. The van der Waals surface area contributed by atoms with Crippen LogP contribution in [-0.4, -0.2) is 55.2 Å². The van der Waals surface area contributed by atoms with Crippen molar-refractivity contribution >= 4 is 62.4 Å². The summed E-state index contributed by atoms with van der Waals surface area (Å²) in [6.45, 7) is 1.44. The van der Waals surface area contributed by atoms with Crippen LogP contribution in [0.1, 0.15) is 32.1 Å². The molecule has 0 spiro atoms. The SMILES string of the molecule is O=C(CSC1CCC1)N1CCC(=Nc2cc(-c3ccccc3Cl)nc3c(Br)cnn23)CC1. The number of halogens is 2. The molecule has 3 aromatic rings. The molecule has 1 aliphatic carbocycles. The van der Waals surface area contributed by atoms with E-state index in [0.29, 0.717) is 27.5 Å². The maximum atomic E-state index is 12.5. The number of hydrogen-bond acceptors (Lipinski definition) is 5. The fraction of sp³-hybridized carbons (Fsp3) is 0.391. The molecule has 1 aliphatic heterocycles. The Morgan fingerprint density at radius 3 is 2.75 bits per heavy atom. The van der Waals surface area contributed by atoms with Gasteiger partial charge in [-0.3, -0.25) is 4.79 Å². The molecule has 0 N–H and O–H groups in total. The van der Waals surface area contributed by atoms with Crippen LogP contribution in [0, 0.1) is 0 Å². The highest BCUT2D eigenvalue weighted by Crippen LogP contribution is 2.32. The number of piperidine rings is 1. The second-order valence-electron chi connectivity index (χ2n) is 8.13. The zero-order valence-corrected chi connectivity index (χ0v) is 20.7. The molecule has 0 atom stereocenters. The van der Waals surface area contributed by atoms with E-state index in [4.69, 9.17) is 21.6 Å². The summed E-state index contributed by atoms with van der Waals surface area (Å²) >= 11 is 11.8. The first kappa shape index (κ1) is 21.9. The van der Waals surface area contributed by atoms with Crippen molar-refractivity contribution in [3.05, 3.63) is 46.0 Å². The van der Waals surface area contributed by atoms with Crippen LogP contribution in [0.15, 0.2) is 46.0 Å². The van der Waals surface area contributed by atoms with Crippen LogP contribution in [0.25, 0.3) is 16.9 Å². The third-order valence-corrected chi connectivity index (χ3v) is 8.27. The second kappa shape index (κ2) is 9.53. The summed E-state index contributed by atoms with van der Waals surface area (Å²) in [6.07, 6.45) is 7.09. The Labute approximate surface area is 204 Å². The molecule has 1 saturated heterocycles. The molecule has 2 aromatic heterocycles. The lowest BCUT2D eigenvalue weighted by Gasteiger charge is -2.29. The summed E-state index contributed by atoms with van der Waals surface area (Å²) in [4.78, 5) is 24.2. The number of nitrogens with zero attached hydrogens (tertiary/aromatic N) is 5. The van der Waals surface area contributed by atoms with Crippen molar-refractivity contribution in [2.45, 2.75) is 37.4 Å². The molecule has 1 amide bonds. The van der Waals surface area contributed by atoms with E-state index in [0.717, 1.165) is 47.4 Å². The van der Waals surface area contributed by atoms with Crippen LogP contribution in [0.5, 0.6) is 0 Å². The van der Waals surface area contributed by atoms with Gasteiger partial charge in [0.15, 0.2) is 11.5 Å². The molecule has 2 aliphatic rings. The van der Waals surface area contributed by atoms with Crippen molar-refractivity contribution in [3.8, 4) is 11.3 Å². The Morgan fingerprint density at radius 2 is 2.03 bits per heavy atom. The monoisotopic (exact) mass is 531 g/mol. The first-order chi connectivity index (χ1) is 15.6. The van der Waals surface area contributed by atoms with Gasteiger partial charge in [-0.05, 0) is 34.8 Å². The molecule has 0 radical (unpaired) electrons. The highest BCUT2D eigenvalue weighted by Gasteiger charge is 2.24. The lowest BCUT2D eigenvalue weighted by atomic mass is 10.0. The molecule has 1 aromatic carbocycles. The van der Waals surface area contributed by atoms with Crippen molar-refractivity contribution in [1.82, 2.24) is 19.5 Å². The largest absolute Gasteiger partial charge is 0.341 e. The number of likely N-dealkylation sites (tertiary alicyclic amines) is 1. The van der Waals surface area contributed by atoms with E-state index in [1.165, 1.54) is 19.3 Å². The van der Waals surface area contributed by atoms with E-state index >= 15 is 0 Å². The molecule has 1 saturated carbocycles. The highest BCUT2D eigenvalue weighted by molar-refractivity contribution is 9.10. The van der Waals surface area contributed by atoms with Crippen molar-refractivity contribution in [1.29, 1.82) is 0 Å². The van der Waals surface area contributed by atoms with Crippen molar-refractivity contribution < 1.29 is 4.79 Å². The van der Waals surface area contributed by atoms with Gasteiger partial charge in [0.25, 0.3) is 0 Å². The lowest BCUT2D eigenvalue weighted by Crippen LogP contribution is -2.40. The smallest absolute Gasteiger partial charge is 0.232 e. The summed E-state index contributed by atoms with van der Waals surface area (Å²) in [5, 5.41) is 5.77. The normalized spacial score (nSPS) is 16.9. The van der Waals surface area contributed by atoms with Crippen molar-refractivity contribution in [2.75, 3.05) is 18.8 Å². The summed E-state index contributed by atoms with van der Waals surface area (Å²) in [5.41, 5.74) is 3.38. The number of amides is 1. The minimum absolute atomic E-state index is 0.254. The standard InChI is InChI=1S/C23H23BrClN5OS/c24-18-13-26-30-21(12-20(28-23(18)30)17-6-1-2-7-19(17)25)27-15-8-10-29(11-9-15)22(31)14-32-16-4-3-5-16/h1-2,6-7,12-13,16H,3-5,8-11,14H2. The topological polar surface area (TPSA) is 62.9 Å². The Morgan fingerprint density at radius 1 is 1.25 bits per heavy atom. The van der Waals surface area contributed by atoms with Gasteiger partial charge in [0.05, 0.1) is 22.1 Å². The van der Waals surface area contributed by atoms with Gasteiger partial charge in [-0.1, -0.05) is 36.2 Å². The number of aromatic nitrogens is 3. The maximum Gasteiger partial charge on any atom is 0.232 e. The van der Waals surface area contributed by atoms with Gasteiger partial charge in [-0.15, -0.1) is 11.8 Å². The van der Waals surface area contributed by atoms with Crippen LogP contribution < -0.4 is 0 Å². The molecule has 5 rings (SSSR count). The van der Waals surface area contributed by atoms with Gasteiger partial charge in [0.1, 0.15) is 0 Å². The Balaban J connectivity index is 1.35. The number of fused-ring (bicyclic) bond motifs is 1. The van der Waals surface area contributed by atoms with Crippen LogP contribution in [-0.2, 0) is 4.79 Å². The average molecular weight is 533 g/mol. The molecular weight excluding hydrogens is 510 g/mol. The van der Waals surface area contributed by atoms with Crippen LogP contribution in [0.4, 0.5) is 5.82 Å². The van der Waals surface area contributed by atoms with Gasteiger partial charge in [-0.25, -0.2) is 9.98 Å². The lowest BCUT2D eigenvalue weighted by molar-refractivity contribution is -0.128. The number of thioether (sulfide) groups is 1.